The van der Waals surface area contributed by atoms with Crippen LogP contribution in [0, 0.1) is 5.92 Å². The van der Waals surface area contributed by atoms with Crippen LogP contribution in [-0.2, 0) is 11.3 Å². The van der Waals surface area contributed by atoms with Gasteiger partial charge in [-0.3, -0.25) is 0 Å². The van der Waals surface area contributed by atoms with E-state index in [-0.39, 0.29) is 6.61 Å². The molecule has 1 saturated carbocycles. The van der Waals surface area contributed by atoms with Gasteiger partial charge in [0.1, 0.15) is 12.4 Å². The summed E-state index contributed by atoms with van der Waals surface area (Å²) in [5, 5.41) is 12.3. The Kier molecular flexibility index (Phi) is 9.18. The molecule has 1 fully saturated rings. The first kappa shape index (κ1) is 19.2. The van der Waals surface area contributed by atoms with Crippen molar-refractivity contribution in [1.82, 2.24) is 5.32 Å². The Hall–Kier alpha value is -1.10. The van der Waals surface area contributed by atoms with Crippen molar-refractivity contribution < 1.29 is 14.6 Å². The van der Waals surface area contributed by atoms with Crippen molar-refractivity contribution in [2.24, 2.45) is 5.92 Å². The molecule has 0 spiro atoms. The Morgan fingerprint density at radius 1 is 1.12 bits per heavy atom. The molecule has 1 unspecified atom stereocenters. The van der Waals surface area contributed by atoms with Crippen LogP contribution in [0.3, 0.4) is 0 Å². The lowest BCUT2D eigenvalue weighted by molar-refractivity contribution is 0.0703. The van der Waals surface area contributed by atoms with Crippen LogP contribution >= 0.6 is 0 Å². The van der Waals surface area contributed by atoms with Gasteiger partial charge in [0.05, 0.1) is 19.8 Å². The van der Waals surface area contributed by atoms with Crippen molar-refractivity contribution in [2.45, 2.75) is 58.0 Å². The third-order valence-electron chi connectivity index (χ3n) is 4.75. The Morgan fingerprint density at radius 3 is 2.71 bits per heavy atom. The summed E-state index contributed by atoms with van der Waals surface area (Å²) in [7, 11) is 0. The molecule has 1 aliphatic carbocycles. The molecule has 1 aliphatic rings. The molecule has 1 aromatic rings. The summed E-state index contributed by atoms with van der Waals surface area (Å²) in [5.74, 6) is 1.82. The maximum Gasteiger partial charge on any atom is 0.123 e. The van der Waals surface area contributed by atoms with Crippen LogP contribution < -0.4 is 10.1 Å². The van der Waals surface area contributed by atoms with Gasteiger partial charge in [0.25, 0.3) is 0 Å². The quantitative estimate of drug-likeness (QED) is 0.608. The Bertz CT molecular complexity index is 446. The van der Waals surface area contributed by atoms with Crippen LogP contribution in [0.25, 0.3) is 0 Å². The van der Waals surface area contributed by atoms with Crippen LogP contribution in [0.2, 0.25) is 0 Å². The van der Waals surface area contributed by atoms with Gasteiger partial charge in [0.2, 0.25) is 0 Å². The molecule has 2 N–H and O–H groups in total. The normalized spacial score (nSPS) is 16.9. The smallest absolute Gasteiger partial charge is 0.123 e. The second-order valence-electron chi connectivity index (χ2n) is 6.81. The van der Waals surface area contributed by atoms with E-state index in [1.165, 1.54) is 44.1 Å². The largest absolute Gasteiger partial charge is 0.491 e. The number of aliphatic hydroxyl groups excluding tert-OH is 1. The summed E-state index contributed by atoms with van der Waals surface area (Å²) >= 11 is 0. The average Bonchev–Trinajstić information content (AvgIpc) is 2.61. The molecule has 4 heteroatoms. The minimum atomic E-state index is 0.0549. The van der Waals surface area contributed by atoms with E-state index in [9.17, 15) is 0 Å². The van der Waals surface area contributed by atoms with Crippen molar-refractivity contribution in [3.05, 3.63) is 29.8 Å². The van der Waals surface area contributed by atoms with Gasteiger partial charge in [-0.2, -0.15) is 0 Å². The van der Waals surface area contributed by atoms with Crippen LogP contribution in [0.4, 0.5) is 0 Å². The molecule has 0 aromatic heterocycles. The third kappa shape index (κ3) is 7.20. The molecule has 0 aliphatic heterocycles. The van der Waals surface area contributed by atoms with E-state index in [0.29, 0.717) is 25.9 Å². The van der Waals surface area contributed by atoms with Crippen LogP contribution in [-0.4, -0.2) is 37.6 Å². The Balaban J connectivity index is 1.72. The first-order valence-electron chi connectivity index (χ1n) is 9.42. The van der Waals surface area contributed by atoms with Gasteiger partial charge in [-0.05, 0) is 25.3 Å². The number of aliphatic hydroxyl groups is 1. The summed E-state index contributed by atoms with van der Waals surface area (Å²) in [6.07, 6.45) is 8.32. The average molecular weight is 335 g/mol. The molecule has 1 aromatic carbocycles. The standard InChI is InChI=1S/C20H33NO3/c1-17(15-18-7-3-2-4-8-18)21-16-19-9-5-6-10-20(19)24-14-13-23-12-11-22/h5-6,9-10,17-18,21-22H,2-4,7-8,11-16H2,1H3. The summed E-state index contributed by atoms with van der Waals surface area (Å²) in [5.41, 5.74) is 1.19. The number of para-hydroxylation sites is 1. The zero-order valence-corrected chi connectivity index (χ0v) is 15.0. The second-order valence-corrected chi connectivity index (χ2v) is 6.81. The fraction of sp³-hybridized carbons (Fsp3) is 0.700. The van der Waals surface area contributed by atoms with E-state index in [1.54, 1.807) is 0 Å². The molecule has 4 nitrogen and oxygen atoms in total. The van der Waals surface area contributed by atoms with E-state index >= 15 is 0 Å². The van der Waals surface area contributed by atoms with Crippen LogP contribution in [0.15, 0.2) is 24.3 Å². The zero-order valence-electron chi connectivity index (χ0n) is 15.0. The number of ether oxygens (including phenoxy) is 2. The summed E-state index contributed by atoms with van der Waals surface area (Å²) < 4.78 is 11.1. The van der Waals surface area contributed by atoms with Gasteiger partial charge in [0, 0.05) is 18.2 Å². The minimum absolute atomic E-state index is 0.0549. The van der Waals surface area contributed by atoms with E-state index in [2.05, 4.69) is 24.4 Å². The second kappa shape index (κ2) is 11.5. The monoisotopic (exact) mass is 335 g/mol. The highest BCUT2D eigenvalue weighted by molar-refractivity contribution is 5.33. The fourth-order valence-electron chi connectivity index (χ4n) is 3.46. The molecule has 1 atom stereocenters. The zero-order chi connectivity index (χ0) is 17.0. The first-order chi connectivity index (χ1) is 11.8. The molecule has 0 amide bonds. The Labute approximate surface area is 146 Å². The topological polar surface area (TPSA) is 50.7 Å². The van der Waals surface area contributed by atoms with Gasteiger partial charge >= 0.3 is 0 Å². The molecule has 0 heterocycles. The van der Waals surface area contributed by atoms with E-state index in [0.717, 1.165) is 18.2 Å². The maximum atomic E-state index is 8.69. The number of hydrogen-bond donors (Lipinski definition) is 2. The molecular formula is C20H33NO3. The van der Waals surface area contributed by atoms with E-state index in [4.69, 9.17) is 14.6 Å². The molecule has 136 valence electrons. The Morgan fingerprint density at radius 2 is 1.92 bits per heavy atom. The SMILES string of the molecule is CC(CC1CCCCC1)NCc1ccccc1OCCOCCO. The van der Waals surface area contributed by atoms with E-state index in [1.807, 2.05) is 12.1 Å². The number of rotatable bonds is 11. The van der Waals surface area contributed by atoms with Gasteiger partial charge in [0.15, 0.2) is 0 Å². The lowest BCUT2D eigenvalue weighted by atomic mass is 9.85. The maximum absolute atomic E-state index is 8.69. The molecule has 0 saturated heterocycles. The highest BCUT2D eigenvalue weighted by Crippen LogP contribution is 2.27. The highest BCUT2D eigenvalue weighted by atomic mass is 16.5. The van der Waals surface area contributed by atoms with Gasteiger partial charge in [-0.15, -0.1) is 0 Å². The molecule has 0 radical (unpaired) electrons. The van der Waals surface area contributed by atoms with Crippen molar-refractivity contribution in [3.8, 4) is 5.75 Å². The van der Waals surface area contributed by atoms with Crippen molar-refractivity contribution in [3.63, 3.8) is 0 Å². The predicted molar refractivity (Wildman–Crippen MR) is 97.3 cm³/mol. The van der Waals surface area contributed by atoms with Crippen LogP contribution in [0.5, 0.6) is 5.75 Å². The predicted octanol–water partition coefficient (Wildman–Crippen LogP) is 3.52. The molecule has 2 rings (SSSR count). The van der Waals surface area contributed by atoms with Gasteiger partial charge in [-0.25, -0.2) is 0 Å². The fourth-order valence-corrected chi connectivity index (χ4v) is 3.46. The van der Waals surface area contributed by atoms with E-state index < -0.39 is 0 Å². The third-order valence-corrected chi connectivity index (χ3v) is 4.75. The van der Waals surface area contributed by atoms with Gasteiger partial charge < -0.3 is 19.9 Å². The van der Waals surface area contributed by atoms with Crippen molar-refractivity contribution in [1.29, 1.82) is 0 Å². The molecule has 24 heavy (non-hydrogen) atoms. The highest BCUT2D eigenvalue weighted by Gasteiger charge is 2.16. The van der Waals surface area contributed by atoms with Crippen LogP contribution in [0.1, 0.15) is 51.0 Å². The van der Waals surface area contributed by atoms with Gasteiger partial charge in [-0.1, -0.05) is 50.3 Å². The summed E-state index contributed by atoms with van der Waals surface area (Å²) in [6, 6.07) is 8.71. The summed E-state index contributed by atoms with van der Waals surface area (Å²) in [6.45, 7) is 4.56. The van der Waals surface area contributed by atoms with Crippen molar-refractivity contribution in [2.75, 3.05) is 26.4 Å². The van der Waals surface area contributed by atoms with Crippen molar-refractivity contribution >= 4 is 0 Å². The lowest BCUT2D eigenvalue weighted by Crippen LogP contribution is -2.28. The molecule has 0 bridgehead atoms. The lowest BCUT2D eigenvalue weighted by Gasteiger charge is -2.25. The molecular weight excluding hydrogens is 302 g/mol. The first-order valence-corrected chi connectivity index (χ1v) is 9.42. The number of hydrogen-bond acceptors (Lipinski definition) is 4. The summed E-state index contributed by atoms with van der Waals surface area (Å²) in [4.78, 5) is 0. The number of nitrogens with one attached hydrogen (secondary N) is 1. The number of benzene rings is 1. The minimum Gasteiger partial charge on any atom is -0.491 e.